The van der Waals surface area contributed by atoms with Crippen molar-refractivity contribution >= 4 is 16.7 Å². The highest BCUT2D eigenvalue weighted by molar-refractivity contribution is 5.88. The third-order valence-corrected chi connectivity index (χ3v) is 5.81. The standard InChI is InChI=1S/C24H34N6O2/c1-28(2)11-5-10-25-24-21-6-3-4-7-22(21)26-23(27-24)17-30-14-12-29(13-15-30)16-19-8-9-20(18-31)32-19/h3-4,6-9,31H,5,10-18H2,1-2H3,(H,25,26,27). The molecule has 0 spiro atoms. The second-order valence-corrected chi connectivity index (χ2v) is 8.67. The molecule has 0 atom stereocenters. The number of nitrogens with one attached hydrogen (secondary N) is 1. The summed E-state index contributed by atoms with van der Waals surface area (Å²) in [6.07, 6.45) is 1.07. The first-order valence-corrected chi connectivity index (χ1v) is 11.4. The van der Waals surface area contributed by atoms with Gasteiger partial charge in [0, 0.05) is 38.1 Å². The van der Waals surface area contributed by atoms with E-state index in [1.165, 1.54) is 0 Å². The second kappa shape index (κ2) is 10.9. The Kier molecular flexibility index (Phi) is 7.70. The van der Waals surface area contributed by atoms with Crippen molar-refractivity contribution in [2.75, 3.05) is 58.7 Å². The van der Waals surface area contributed by atoms with Gasteiger partial charge < -0.3 is 19.7 Å². The van der Waals surface area contributed by atoms with Crippen LogP contribution in [0.1, 0.15) is 23.8 Å². The number of hydrogen-bond acceptors (Lipinski definition) is 8. The lowest BCUT2D eigenvalue weighted by Crippen LogP contribution is -2.45. The molecule has 172 valence electrons. The number of rotatable bonds is 10. The highest BCUT2D eigenvalue weighted by Crippen LogP contribution is 2.21. The highest BCUT2D eigenvalue weighted by atomic mass is 16.4. The fraction of sp³-hybridized carbons (Fsp3) is 0.500. The van der Waals surface area contributed by atoms with Gasteiger partial charge in [0.1, 0.15) is 29.8 Å². The van der Waals surface area contributed by atoms with Gasteiger partial charge in [0.05, 0.1) is 18.6 Å². The molecule has 0 bridgehead atoms. The molecule has 1 aliphatic heterocycles. The molecule has 2 N–H and O–H groups in total. The molecular weight excluding hydrogens is 404 g/mol. The Bertz CT molecular complexity index is 997. The first-order valence-electron chi connectivity index (χ1n) is 11.4. The number of hydrogen-bond donors (Lipinski definition) is 2. The van der Waals surface area contributed by atoms with Crippen LogP contribution >= 0.6 is 0 Å². The Balaban J connectivity index is 1.35. The first kappa shape index (κ1) is 22.7. The van der Waals surface area contributed by atoms with Crippen LogP contribution in [0.5, 0.6) is 0 Å². The van der Waals surface area contributed by atoms with E-state index in [4.69, 9.17) is 19.5 Å². The number of piperazine rings is 1. The maximum Gasteiger partial charge on any atom is 0.145 e. The molecule has 8 nitrogen and oxygen atoms in total. The Morgan fingerprint density at radius 3 is 2.41 bits per heavy atom. The number of para-hydroxylation sites is 1. The SMILES string of the molecule is CN(C)CCCNc1nc(CN2CCN(Cc3ccc(CO)o3)CC2)nc2ccccc12. The van der Waals surface area contributed by atoms with Gasteiger partial charge >= 0.3 is 0 Å². The number of aliphatic hydroxyl groups excluding tert-OH is 1. The summed E-state index contributed by atoms with van der Waals surface area (Å²) in [4.78, 5) is 16.7. The molecule has 32 heavy (non-hydrogen) atoms. The van der Waals surface area contributed by atoms with Crippen LogP contribution in [0.4, 0.5) is 5.82 Å². The lowest BCUT2D eigenvalue weighted by Gasteiger charge is -2.33. The van der Waals surface area contributed by atoms with Gasteiger partial charge in [0.2, 0.25) is 0 Å². The van der Waals surface area contributed by atoms with Crippen molar-refractivity contribution in [3.63, 3.8) is 0 Å². The van der Waals surface area contributed by atoms with Gasteiger partial charge in [-0.05, 0) is 51.3 Å². The largest absolute Gasteiger partial charge is 0.462 e. The lowest BCUT2D eigenvalue weighted by molar-refractivity contribution is 0.113. The van der Waals surface area contributed by atoms with Crippen LogP contribution in [0.25, 0.3) is 10.9 Å². The van der Waals surface area contributed by atoms with E-state index in [9.17, 15) is 0 Å². The zero-order valence-electron chi connectivity index (χ0n) is 19.1. The molecule has 4 rings (SSSR count). The third-order valence-electron chi connectivity index (χ3n) is 5.81. The monoisotopic (exact) mass is 438 g/mol. The Hall–Kier alpha value is -2.52. The molecule has 1 aromatic carbocycles. The maximum absolute atomic E-state index is 9.17. The number of aromatic nitrogens is 2. The predicted molar refractivity (Wildman–Crippen MR) is 126 cm³/mol. The summed E-state index contributed by atoms with van der Waals surface area (Å²) in [5.74, 6) is 3.33. The van der Waals surface area contributed by atoms with Crippen molar-refractivity contribution in [3.05, 3.63) is 53.7 Å². The van der Waals surface area contributed by atoms with E-state index < -0.39 is 0 Å². The summed E-state index contributed by atoms with van der Waals surface area (Å²) in [7, 11) is 4.19. The van der Waals surface area contributed by atoms with E-state index in [0.29, 0.717) is 5.76 Å². The molecular formula is C24H34N6O2. The van der Waals surface area contributed by atoms with E-state index in [2.05, 4.69) is 46.2 Å². The average molecular weight is 439 g/mol. The quantitative estimate of drug-likeness (QED) is 0.467. The number of nitrogens with zero attached hydrogens (tertiary/aromatic N) is 5. The van der Waals surface area contributed by atoms with Crippen molar-refractivity contribution in [1.82, 2.24) is 24.7 Å². The molecule has 1 aliphatic rings. The first-order chi connectivity index (χ1) is 15.6. The second-order valence-electron chi connectivity index (χ2n) is 8.67. The van der Waals surface area contributed by atoms with Gasteiger partial charge in [-0.2, -0.15) is 0 Å². The zero-order valence-corrected chi connectivity index (χ0v) is 19.1. The van der Waals surface area contributed by atoms with Gasteiger partial charge in [0.25, 0.3) is 0 Å². The zero-order chi connectivity index (χ0) is 22.3. The summed E-state index contributed by atoms with van der Waals surface area (Å²) in [6, 6.07) is 12.0. The molecule has 0 aliphatic carbocycles. The highest BCUT2D eigenvalue weighted by Gasteiger charge is 2.19. The van der Waals surface area contributed by atoms with Gasteiger partial charge in [-0.25, -0.2) is 9.97 Å². The number of furan rings is 1. The molecule has 1 fully saturated rings. The summed E-state index contributed by atoms with van der Waals surface area (Å²) >= 11 is 0. The normalized spacial score (nSPS) is 15.6. The van der Waals surface area contributed by atoms with Crippen LogP contribution in [-0.4, -0.2) is 83.1 Å². The van der Waals surface area contributed by atoms with E-state index in [1.807, 2.05) is 24.3 Å². The number of aliphatic hydroxyl groups is 1. The van der Waals surface area contributed by atoms with Crippen molar-refractivity contribution in [3.8, 4) is 0 Å². The van der Waals surface area contributed by atoms with Crippen LogP contribution in [0.3, 0.4) is 0 Å². The smallest absolute Gasteiger partial charge is 0.145 e. The summed E-state index contributed by atoms with van der Waals surface area (Å²) in [5, 5.41) is 13.8. The number of anilines is 1. The van der Waals surface area contributed by atoms with Gasteiger partial charge in [-0.15, -0.1) is 0 Å². The van der Waals surface area contributed by atoms with E-state index in [1.54, 1.807) is 0 Å². The Labute approximate surface area is 189 Å². The topological polar surface area (TPSA) is 80.9 Å². The van der Waals surface area contributed by atoms with E-state index in [0.717, 1.165) is 87.1 Å². The van der Waals surface area contributed by atoms with Gasteiger partial charge in [-0.1, -0.05) is 12.1 Å². The van der Waals surface area contributed by atoms with E-state index in [-0.39, 0.29) is 6.61 Å². The molecule has 8 heteroatoms. The van der Waals surface area contributed by atoms with Crippen LogP contribution in [0.2, 0.25) is 0 Å². The van der Waals surface area contributed by atoms with Crippen molar-refractivity contribution in [2.24, 2.45) is 0 Å². The summed E-state index contributed by atoms with van der Waals surface area (Å²) in [5.41, 5.74) is 0.990. The van der Waals surface area contributed by atoms with Crippen molar-refractivity contribution < 1.29 is 9.52 Å². The van der Waals surface area contributed by atoms with Crippen molar-refractivity contribution in [1.29, 1.82) is 0 Å². The summed E-state index contributed by atoms with van der Waals surface area (Å²) < 4.78 is 5.63. The maximum atomic E-state index is 9.17. The fourth-order valence-corrected chi connectivity index (χ4v) is 4.05. The molecule has 2 aromatic heterocycles. The average Bonchev–Trinajstić information content (AvgIpc) is 3.25. The third kappa shape index (κ3) is 6.04. The molecule has 0 amide bonds. The molecule has 3 heterocycles. The molecule has 0 unspecified atom stereocenters. The molecule has 0 radical (unpaired) electrons. The Morgan fingerprint density at radius 2 is 1.69 bits per heavy atom. The molecule has 1 saturated heterocycles. The van der Waals surface area contributed by atoms with Crippen LogP contribution in [0, 0.1) is 0 Å². The van der Waals surface area contributed by atoms with Crippen LogP contribution < -0.4 is 5.32 Å². The van der Waals surface area contributed by atoms with Gasteiger partial charge in [0.15, 0.2) is 0 Å². The van der Waals surface area contributed by atoms with Crippen molar-refractivity contribution in [2.45, 2.75) is 26.1 Å². The molecule has 3 aromatic rings. The van der Waals surface area contributed by atoms with Crippen LogP contribution in [-0.2, 0) is 19.7 Å². The molecule has 0 saturated carbocycles. The minimum absolute atomic E-state index is 0.0496. The fourth-order valence-electron chi connectivity index (χ4n) is 4.05. The lowest BCUT2D eigenvalue weighted by atomic mass is 10.2. The minimum Gasteiger partial charge on any atom is -0.462 e. The van der Waals surface area contributed by atoms with Gasteiger partial charge in [-0.3, -0.25) is 9.80 Å². The number of fused-ring (bicyclic) bond motifs is 1. The predicted octanol–water partition coefficient (Wildman–Crippen LogP) is 2.40. The van der Waals surface area contributed by atoms with E-state index >= 15 is 0 Å². The minimum atomic E-state index is -0.0496. The Morgan fingerprint density at radius 1 is 0.969 bits per heavy atom. The summed E-state index contributed by atoms with van der Waals surface area (Å²) in [6.45, 7) is 7.30. The number of benzene rings is 1. The van der Waals surface area contributed by atoms with Crippen LogP contribution in [0.15, 0.2) is 40.8 Å².